The van der Waals surface area contributed by atoms with Crippen molar-refractivity contribution in [2.24, 2.45) is 17.4 Å². The van der Waals surface area contributed by atoms with Gasteiger partial charge in [-0.05, 0) is 32.1 Å². The van der Waals surface area contributed by atoms with Crippen molar-refractivity contribution in [3.05, 3.63) is 0 Å². The highest BCUT2D eigenvalue weighted by molar-refractivity contribution is 4.90. The molecule has 0 amide bonds. The first kappa shape index (κ1) is 8.02. The molecule has 0 aliphatic heterocycles. The second kappa shape index (κ2) is 2.51. The van der Waals surface area contributed by atoms with Crippen LogP contribution in [0, 0.1) is 5.92 Å². The van der Waals surface area contributed by atoms with Crippen molar-refractivity contribution >= 4 is 0 Å². The molecule has 0 radical (unpaired) electrons. The van der Waals surface area contributed by atoms with Gasteiger partial charge in [-0.1, -0.05) is 6.92 Å². The predicted octanol–water partition coefficient (Wildman–Crippen LogP) is 0.851. The zero-order chi connectivity index (χ0) is 7.78. The first-order chi connectivity index (χ1) is 4.49. The van der Waals surface area contributed by atoms with E-state index in [4.69, 9.17) is 11.5 Å². The molecule has 0 bridgehead atoms. The highest BCUT2D eigenvalue weighted by atomic mass is 14.8. The lowest BCUT2D eigenvalue weighted by Gasteiger charge is -2.37. The van der Waals surface area contributed by atoms with Crippen molar-refractivity contribution in [1.82, 2.24) is 0 Å². The second-order valence-electron chi connectivity index (χ2n) is 4.16. The SMILES string of the molecule is CC1CC(N)CC(C)(N)C1. The maximum absolute atomic E-state index is 5.98. The van der Waals surface area contributed by atoms with Crippen LogP contribution in [0.3, 0.4) is 0 Å². The van der Waals surface area contributed by atoms with Crippen LogP contribution < -0.4 is 11.5 Å². The first-order valence-electron chi connectivity index (χ1n) is 4.04. The Bertz CT molecular complexity index is 108. The van der Waals surface area contributed by atoms with Crippen LogP contribution in [0.5, 0.6) is 0 Å². The first-order valence-corrected chi connectivity index (χ1v) is 4.04. The molecule has 3 atom stereocenters. The highest BCUT2D eigenvalue weighted by Gasteiger charge is 2.30. The van der Waals surface area contributed by atoms with Gasteiger partial charge in [0, 0.05) is 11.6 Å². The topological polar surface area (TPSA) is 52.0 Å². The Hall–Kier alpha value is -0.0800. The van der Waals surface area contributed by atoms with Crippen LogP contribution in [0.15, 0.2) is 0 Å². The van der Waals surface area contributed by atoms with Gasteiger partial charge in [-0.15, -0.1) is 0 Å². The molecule has 1 aliphatic rings. The molecule has 1 aliphatic carbocycles. The molecule has 0 saturated heterocycles. The zero-order valence-corrected chi connectivity index (χ0v) is 6.93. The lowest BCUT2D eigenvalue weighted by Crippen LogP contribution is -2.48. The molecule has 2 heteroatoms. The van der Waals surface area contributed by atoms with Gasteiger partial charge in [0.15, 0.2) is 0 Å². The van der Waals surface area contributed by atoms with Gasteiger partial charge in [0.1, 0.15) is 0 Å². The summed E-state index contributed by atoms with van der Waals surface area (Å²) < 4.78 is 0. The van der Waals surface area contributed by atoms with E-state index >= 15 is 0 Å². The minimum atomic E-state index is -0.00289. The minimum absolute atomic E-state index is 0.00289. The molecule has 1 rings (SSSR count). The molecule has 60 valence electrons. The Morgan fingerprint density at radius 2 is 2.00 bits per heavy atom. The van der Waals surface area contributed by atoms with Crippen molar-refractivity contribution in [2.45, 2.75) is 44.7 Å². The Labute approximate surface area is 63.0 Å². The Morgan fingerprint density at radius 1 is 1.40 bits per heavy atom. The van der Waals surface area contributed by atoms with E-state index in [1.807, 2.05) is 0 Å². The Kier molecular flexibility index (Phi) is 2.02. The van der Waals surface area contributed by atoms with Crippen LogP contribution in [-0.2, 0) is 0 Å². The number of hydrogen-bond donors (Lipinski definition) is 2. The van der Waals surface area contributed by atoms with Crippen LogP contribution in [0.1, 0.15) is 33.1 Å². The zero-order valence-electron chi connectivity index (χ0n) is 6.93. The smallest absolute Gasteiger partial charge is 0.0143 e. The summed E-state index contributed by atoms with van der Waals surface area (Å²) in [5, 5.41) is 0. The summed E-state index contributed by atoms with van der Waals surface area (Å²) in [6.45, 7) is 4.33. The van der Waals surface area contributed by atoms with E-state index in [0.717, 1.165) is 19.3 Å². The molecule has 10 heavy (non-hydrogen) atoms. The summed E-state index contributed by atoms with van der Waals surface area (Å²) in [6, 6.07) is 0.332. The molecule has 4 N–H and O–H groups in total. The van der Waals surface area contributed by atoms with Crippen molar-refractivity contribution in [3.63, 3.8) is 0 Å². The van der Waals surface area contributed by atoms with Crippen LogP contribution in [0.25, 0.3) is 0 Å². The summed E-state index contributed by atoms with van der Waals surface area (Å²) in [7, 11) is 0. The lowest BCUT2D eigenvalue weighted by atomic mass is 9.76. The highest BCUT2D eigenvalue weighted by Crippen LogP contribution is 2.28. The molecular formula is C8H18N2. The second-order valence-corrected chi connectivity index (χ2v) is 4.16. The molecule has 1 saturated carbocycles. The Morgan fingerprint density at radius 3 is 2.40 bits per heavy atom. The van der Waals surface area contributed by atoms with Gasteiger partial charge in [-0.3, -0.25) is 0 Å². The summed E-state index contributed by atoms with van der Waals surface area (Å²) >= 11 is 0. The van der Waals surface area contributed by atoms with Crippen molar-refractivity contribution in [1.29, 1.82) is 0 Å². The fourth-order valence-corrected chi connectivity index (χ4v) is 2.16. The number of rotatable bonds is 0. The van der Waals surface area contributed by atoms with Gasteiger partial charge in [0.05, 0.1) is 0 Å². The van der Waals surface area contributed by atoms with Gasteiger partial charge in [0.25, 0.3) is 0 Å². The monoisotopic (exact) mass is 142 g/mol. The van der Waals surface area contributed by atoms with E-state index in [9.17, 15) is 0 Å². The minimum Gasteiger partial charge on any atom is -0.328 e. The maximum Gasteiger partial charge on any atom is 0.0143 e. The van der Waals surface area contributed by atoms with Crippen LogP contribution in [-0.4, -0.2) is 11.6 Å². The molecule has 1 fully saturated rings. The van der Waals surface area contributed by atoms with E-state index < -0.39 is 0 Å². The molecule has 0 aromatic carbocycles. The molecular weight excluding hydrogens is 124 g/mol. The van der Waals surface area contributed by atoms with E-state index in [0.29, 0.717) is 12.0 Å². The fourth-order valence-electron chi connectivity index (χ4n) is 2.16. The number of nitrogens with two attached hydrogens (primary N) is 2. The standard InChI is InChI=1S/C8H18N2/c1-6-3-7(9)5-8(2,10)4-6/h6-7H,3-5,9-10H2,1-2H3. The molecule has 3 unspecified atom stereocenters. The molecule has 0 heterocycles. The van der Waals surface area contributed by atoms with Crippen molar-refractivity contribution in [2.75, 3.05) is 0 Å². The summed E-state index contributed by atoms with van der Waals surface area (Å²) in [6.07, 6.45) is 3.25. The van der Waals surface area contributed by atoms with Crippen LogP contribution in [0.4, 0.5) is 0 Å². The summed E-state index contributed by atoms with van der Waals surface area (Å²) in [5.41, 5.74) is 11.8. The molecule has 0 aromatic heterocycles. The van der Waals surface area contributed by atoms with E-state index in [1.54, 1.807) is 0 Å². The lowest BCUT2D eigenvalue weighted by molar-refractivity contribution is 0.230. The quantitative estimate of drug-likeness (QED) is 0.527. The van der Waals surface area contributed by atoms with Gasteiger partial charge in [0.2, 0.25) is 0 Å². The predicted molar refractivity (Wildman–Crippen MR) is 43.6 cm³/mol. The van der Waals surface area contributed by atoms with E-state index in [2.05, 4.69) is 13.8 Å². The molecule has 2 nitrogen and oxygen atoms in total. The Balaban J connectivity index is 2.51. The normalized spacial score (nSPS) is 49.2. The van der Waals surface area contributed by atoms with Gasteiger partial charge in [-0.2, -0.15) is 0 Å². The van der Waals surface area contributed by atoms with E-state index in [-0.39, 0.29) is 5.54 Å². The van der Waals surface area contributed by atoms with Crippen LogP contribution >= 0.6 is 0 Å². The van der Waals surface area contributed by atoms with Crippen molar-refractivity contribution in [3.8, 4) is 0 Å². The van der Waals surface area contributed by atoms with Crippen LogP contribution in [0.2, 0.25) is 0 Å². The average Bonchev–Trinajstić information content (AvgIpc) is 1.54. The molecule has 0 aromatic rings. The third-order valence-corrected chi connectivity index (χ3v) is 2.25. The third-order valence-electron chi connectivity index (χ3n) is 2.25. The van der Waals surface area contributed by atoms with E-state index in [1.165, 1.54) is 0 Å². The number of hydrogen-bond acceptors (Lipinski definition) is 2. The molecule has 0 spiro atoms. The van der Waals surface area contributed by atoms with Gasteiger partial charge in [-0.25, -0.2) is 0 Å². The largest absolute Gasteiger partial charge is 0.328 e. The van der Waals surface area contributed by atoms with Gasteiger partial charge < -0.3 is 11.5 Å². The van der Waals surface area contributed by atoms with Crippen molar-refractivity contribution < 1.29 is 0 Å². The third kappa shape index (κ3) is 1.96. The average molecular weight is 142 g/mol. The fraction of sp³-hybridized carbons (Fsp3) is 1.00. The van der Waals surface area contributed by atoms with Gasteiger partial charge >= 0.3 is 0 Å². The summed E-state index contributed by atoms with van der Waals surface area (Å²) in [5.74, 6) is 0.707. The maximum atomic E-state index is 5.98. The summed E-state index contributed by atoms with van der Waals surface area (Å²) in [4.78, 5) is 0.